The van der Waals surface area contributed by atoms with Crippen LogP contribution >= 0.6 is 15.9 Å². The minimum absolute atomic E-state index is 0.109. The third-order valence-corrected chi connectivity index (χ3v) is 4.09. The highest BCUT2D eigenvalue weighted by Crippen LogP contribution is 2.40. The minimum Gasteiger partial charge on any atom is -0.384 e. The number of anilines is 1. The fourth-order valence-corrected chi connectivity index (χ4v) is 2.53. The molecule has 92 valence electrons. The Labute approximate surface area is 109 Å². The Hall–Kier alpha value is -1.10. The molecule has 0 heterocycles. The predicted octanol–water partition coefficient (Wildman–Crippen LogP) is 3.96. The first-order valence-electron chi connectivity index (χ1n) is 5.68. The molecule has 1 aliphatic rings. The lowest BCUT2D eigenvalue weighted by Gasteiger charge is -2.38. The van der Waals surface area contributed by atoms with Crippen molar-refractivity contribution in [2.45, 2.75) is 26.2 Å². The summed E-state index contributed by atoms with van der Waals surface area (Å²) in [5.41, 5.74) is 1.42. The third kappa shape index (κ3) is 2.77. The zero-order valence-corrected chi connectivity index (χ0v) is 11.3. The van der Waals surface area contributed by atoms with Crippen molar-refractivity contribution in [3.05, 3.63) is 32.8 Å². The van der Waals surface area contributed by atoms with Gasteiger partial charge < -0.3 is 5.32 Å². The summed E-state index contributed by atoms with van der Waals surface area (Å²) in [7, 11) is 0. The SMILES string of the molecule is CC1(CNc2ccc([N+](=O)[O-])cc2Br)CCC1. The van der Waals surface area contributed by atoms with E-state index in [2.05, 4.69) is 28.2 Å². The van der Waals surface area contributed by atoms with Gasteiger partial charge in [-0.05, 0) is 40.3 Å². The van der Waals surface area contributed by atoms with Crippen molar-refractivity contribution < 1.29 is 4.92 Å². The summed E-state index contributed by atoms with van der Waals surface area (Å²) >= 11 is 3.36. The van der Waals surface area contributed by atoms with Gasteiger partial charge in [-0.3, -0.25) is 10.1 Å². The van der Waals surface area contributed by atoms with E-state index in [0.29, 0.717) is 5.41 Å². The van der Waals surface area contributed by atoms with Crippen LogP contribution in [0.1, 0.15) is 26.2 Å². The number of non-ortho nitro benzene ring substituents is 1. The van der Waals surface area contributed by atoms with Crippen LogP contribution in [-0.2, 0) is 0 Å². The highest BCUT2D eigenvalue weighted by atomic mass is 79.9. The van der Waals surface area contributed by atoms with Crippen molar-refractivity contribution in [1.82, 2.24) is 0 Å². The van der Waals surface area contributed by atoms with Gasteiger partial charge in [-0.1, -0.05) is 13.3 Å². The van der Waals surface area contributed by atoms with E-state index in [1.807, 2.05) is 0 Å². The monoisotopic (exact) mass is 298 g/mol. The first kappa shape index (κ1) is 12.4. The maximum absolute atomic E-state index is 10.6. The first-order valence-corrected chi connectivity index (χ1v) is 6.47. The van der Waals surface area contributed by atoms with E-state index in [-0.39, 0.29) is 10.6 Å². The second-order valence-corrected chi connectivity index (χ2v) is 5.79. The Morgan fingerprint density at radius 2 is 2.24 bits per heavy atom. The Kier molecular flexibility index (Phi) is 3.38. The van der Waals surface area contributed by atoms with E-state index in [0.717, 1.165) is 16.7 Å². The Balaban J connectivity index is 2.03. The molecule has 0 bridgehead atoms. The van der Waals surface area contributed by atoms with Gasteiger partial charge in [-0.15, -0.1) is 0 Å². The topological polar surface area (TPSA) is 55.2 Å². The van der Waals surface area contributed by atoms with Crippen molar-refractivity contribution in [1.29, 1.82) is 0 Å². The quantitative estimate of drug-likeness (QED) is 0.676. The van der Waals surface area contributed by atoms with E-state index in [1.54, 1.807) is 6.07 Å². The van der Waals surface area contributed by atoms with Crippen molar-refractivity contribution >= 4 is 27.3 Å². The molecule has 1 N–H and O–H groups in total. The summed E-state index contributed by atoms with van der Waals surface area (Å²) in [5, 5.41) is 14.0. The lowest BCUT2D eigenvalue weighted by atomic mass is 9.70. The van der Waals surface area contributed by atoms with Crippen LogP contribution in [0.2, 0.25) is 0 Å². The van der Waals surface area contributed by atoms with Gasteiger partial charge in [0.25, 0.3) is 5.69 Å². The molecule has 1 saturated carbocycles. The molecular weight excluding hydrogens is 284 g/mol. The summed E-state index contributed by atoms with van der Waals surface area (Å²) in [6.45, 7) is 3.19. The molecule has 1 aliphatic carbocycles. The Morgan fingerprint density at radius 3 is 2.71 bits per heavy atom. The highest BCUT2D eigenvalue weighted by Gasteiger charge is 2.31. The van der Waals surface area contributed by atoms with Gasteiger partial charge in [0.2, 0.25) is 0 Å². The maximum Gasteiger partial charge on any atom is 0.270 e. The van der Waals surface area contributed by atoms with Crippen molar-refractivity contribution in [2.24, 2.45) is 5.41 Å². The first-order chi connectivity index (χ1) is 8.00. The largest absolute Gasteiger partial charge is 0.384 e. The summed E-state index contributed by atoms with van der Waals surface area (Å²) in [6, 6.07) is 4.81. The lowest BCUT2D eigenvalue weighted by molar-refractivity contribution is -0.384. The summed E-state index contributed by atoms with van der Waals surface area (Å²) < 4.78 is 0.745. The molecule has 1 aromatic carbocycles. The molecule has 0 radical (unpaired) electrons. The zero-order valence-electron chi connectivity index (χ0n) is 9.70. The van der Waals surface area contributed by atoms with Crippen LogP contribution in [0.3, 0.4) is 0 Å². The molecule has 2 rings (SSSR count). The average molecular weight is 299 g/mol. The standard InChI is InChI=1S/C12H15BrN2O2/c1-12(5-2-6-12)8-14-11-4-3-9(15(16)17)7-10(11)13/h3-4,7,14H,2,5-6,8H2,1H3. The van der Waals surface area contributed by atoms with Crippen LogP contribution in [0.15, 0.2) is 22.7 Å². The number of rotatable bonds is 4. The van der Waals surface area contributed by atoms with Gasteiger partial charge in [-0.25, -0.2) is 0 Å². The fourth-order valence-electron chi connectivity index (χ4n) is 2.03. The van der Waals surface area contributed by atoms with E-state index in [4.69, 9.17) is 0 Å². The molecule has 0 aromatic heterocycles. The van der Waals surface area contributed by atoms with Crippen LogP contribution in [-0.4, -0.2) is 11.5 Å². The zero-order chi connectivity index (χ0) is 12.5. The Bertz CT molecular complexity index is 444. The summed E-state index contributed by atoms with van der Waals surface area (Å²) in [5.74, 6) is 0. The van der Waals surface area contributed by atoms with Gasteiger partial charge in [0.1, 0.15) is 0 Å². The molecule has 0 amide bonds. The highest BCUT2D eigenvalue weighted by molar-refractivity contribution is 9.10. The molecule has 5 heteroatoms. The second kappa shape index (κ2) is 4.64. The Morgan fingerprint density at radius 1 is 1.53 bits per heavy atom. The van der Waals surface area contributed by atoms with Crippen LogP contribution in [0.25, 0.3) is 0 Å². The summed E-state index contributed by atoms with van der Waals surface area (Å²) in [6.07, 6.45) is 3.81. The van der Waals surface area contributed by atoms with Crippen LogP contribution in [0, 0.1) is 15.5 Å². The van der Waals surface area contributed by atoms with Crippen molar-refractivity contribution in [3.8, 4) is 0 Å². The molecule has 0 aliphatic heterocycles. The van der Waals surface area contributed by atoms with Crippen molar-refractivity contribution in [2.75, 3.05) is 11.9 Å². The predicted molar refractivity (Wildman–Crippen MR) is 71.2 cm³/mol. The number of nitro groups is 1. The maximum atomic E-state index is 10.6. The number of benzene rings is 1. The van der Waals surface area contributed by atoms with Gasteiger partial charge >= 0.3 is 0 Å². The summed E-state index contributed by atoms with van der Waals surface area (Å²) in [4.78, 5) is 10.2. The fraction of sp³-hybridized carbons (Fsp3) is 0.500. The number of nitro benzene ring substituents is 1. The molecule has 17 heavy (non-hydrogen) atoms. The number of nitrogens with one attached hydrogen (secondary N) is 1. The molecule has 1 fully saturated rings. The lowest BCUT2D eigenvalue weighted by Crippen LogP contribution is -2.33. The van der Waals surface area contributed by atoms with Crippen molar-refractivity contribution in [3.63, 3.8) is 0 Å². The molecule has 0 atom stereocenters. The molecule has 0 unspecified atom stereocenters. The average Bonchev–Trinajstić information content (AvgIpc) is 2.24. The molecule has 1 aromatic rings. The van der Waals surface area contributed by atoms with Crippen LogP contribution < -0.4 is 5.32 Å². The van der Waals surface area contributed by atoms with E-state index >= 15 is 0 Å². The number of halogens is 1. The second-order valence-electron chi connectivity index (χ2n) is 4.94. The number of hydrogen-bond acceptors (Lipinski definition) is 3. The molecule has 4 nitrogen and oxygen atoms in total. The molecular formula is C12H15BrN2O2. The third-order valence-electron chi connectivity index (χ3n) is 3.43. The van der Waals surface area contributed by atoms with Crippen LogP contribution in [0.5, 0.6) is 0 Å². The van der Waals surface area contributed by atoms with Gasteiger partial charge in [0, 0.05) is 28.8 Å². The number of hydrogen-bond donors (Lipinski definition) is 1. The molecule has 0 saturated heterocycles. The van der Waals surface area contributed by atoms with Gasteiger partial charge in [0.15, 0.2) is 0 Å². The minimum atomic E-state index is -0.387. The van der Waals surface area contributed by atoms with E-state index in [1.165, 1.54) is 31.4 Å². The molecule has 0 spiro atoms. The smallest absolute Gasteiger partial charge is 0.270 e. The number of nitrogens with zero attached hydrogens (tertiary/aromatic N) is 1. The van der Waals surface area contributed by atoms with E-state index in [9.17, 15) is 10.1 Å². The van der Waals surface area contributed by atoms with E-state index < -0.39 is 0 Å². The normalized spacial score (nSPS) is 17.3. The van der Waals surface area contributed by atoms with Gasteiger partial charge in [0.05, 0.1) is 4.92 Å². The van der Waals surface area contributed by atoms with Gasteiger partial charge in [-0.2, -0.15) is 0 Å². The van der Waals surface area contributed by atoms with Crippen LogP contribution in [0.4, 0.5) is 11.4 Å².